The monoisotopic (exact) mass is 223 g/mol. The number of furan rings is 1. The molecule has 16 heavy (non-hydrogen) atoms. The van der Waals surface area contributed by atoms with Gasteiger partial charge in [-0.3, -0.25) is 4.99 Å². The smallest absolute Gasteiger partial charge is 0.146 e. The minimum Gasteiger partial charge on any atom is -0.466 e. The highest BCUT2D eigenvalue weighted by molar-refractivity contribution is 6.01. The van der Waals surface area contributed by atoms with Crippen LogP contribution in [-0.2, 0) is 0 Å². The van der Waals surface area contributed by atoms with Gasteiger partial charge in [0.25, 0.3) is 0 Å². The van der Waals surface area contributed by atoms with Gasteiger partial charge < -0.3 is 9.84 Å². The van der Waals surface area contributed by atoms with Gasteiger partial charge in [0, 0.05) is 5.56 Å². The average molecular weight is 223 g/mol. The van der Waals surface area contributed by atoms with Crippen molar-refractivity contribution in [2.75, 3.05) is 0 Å². The van der Waals surface area contributed by atoms with E-state index in [-0.39, 0.29) is 5.54 Å². The van der Waals surface area contributed by atoms with Gasteiger partial charge in [-0.05, 0) is 41.5 Å². The third-order valence-corrected chi connectivity index (χ3v) is 2.38. The van der Waals surface area contributed by atoms with Gasteiger partial charge in [-0.1, -0.05) is 0 Å². The molecule has 1 heterocycles. The molecule has 4 nitrogen and oxygen atoms in total. The highest BCUT2D eigenvalue weighted by Crippen LogP contribution is 2.22. The van der Waals surface area contributed by atoms with E-state index in [0.717, 1.165) is 22.6 Å². The minimum atomic E-state index is -0.175. The fourth-order valence-corrected chi connectivity index (χ4v) is 1.64. The zero-order chi connectivity index (χ0) is 12.5. The van der Waals surface area contributed by atoms with Gasteiger partial charge in [0.2, 0.25) is 0 Å². The topological polar surface area (TPSA) is 63.5 Å². The van der Waals surface area contributed by atoms with E-state index in [4.69, 9.17) is 10.3 Å². The molecular weight excluding hydrogens is 202 g/mol. The molecule has 0 spiro atoms. The normalized spacial score (nSPS) is 13.1. The van der Waals surface area contributed by atoms with E-state index in [2.05, 4.69) is 10.4 Å². The number of aliphatic imine (C=N–C) groups is 1. The fourth-order valence-electron chi connectivity index (χ4n) is 1.64. The van der Waals surface area contributed by atoms with Crippen molar-refractivity contribution in [3.63, 3.8) is 0 Å². The molecule has 1 rings (SSSR count). The van der Waals surface area contributed by atoms with Crippen molar-refractivity contribution in [1.29, 1.82) is 0 Å². The molecule has 1 aromatic rings. The van der Waals surface area contributed by atoms with Gasteiger partial charge in [0.15, 0.2) is 0 Å². The lowest BCUT2D eigenvalue weighted by Gasteiger charge is -2.15. The summed E-state index contributed by atoms with van der Waals surface area (Å²) in [5.41, 5.74) is 4.53. The average Bonchev–Trinajstić information content (AvgIpc) is 2.37. The molecule has 0 aliphatic heterocycles. The molecule has 0 saturated carbocycles. The second-order valence-electron chi connectivity index (χ2n) is 4.99. The highest BCUT2D eigenvalue weighted by atomic mass is 16.3. The van der Waals surface area contributed by atoms with Crippen molar-refractivity contribution < 1.29 is 4.42 Å². The molecule has 0 aliphatic carbocycles. The summed E-state index contributed by atoms with van der Waals surface area (Å²) in [5, 5.41) is 0. The third-order valence-electron chi connectivity index (χ3n) is 2.38. The number of rotatable bonds is 1. The van der Waals surface area contributed by atoms with E-state index in [1.165, 1.54) is 0 Å². The quantitative estimate of drug-likeness (QED) is 0.332. The summed E-state index contributed by atoms with van der Waals surface area (Å²) < 4.78 is 5.57. The maximum absolute atomic E-state index is 5.57. The molecule has 4 heteroatoms. The SMILES string of the molecule is Cc1oc(C)c(C(=NC(C)(C)C)NN)c1C. The molecule has 1 aromatic heterocycles. The fraction of sp³-hybridized carbons (Fsp3) is 0.583. The predicted molar refractivity (Wildman–Crippen MR) is 66.5 cm³/mol. The summed E-state index contributed by atoms with van der Waals surface area (Å²) in [5.74, 6) is 7.97. The van der Waals surface area contributed by atoms with Gasteiger partial charge in [-0.2, -0.15) is 0 Å². The lowest BCUT2D eigenvalue weighted by molar-refractivity contribution is 0.502. The standard InChI is InChI=1S/C12H21N3O/c1-7-8(2)16-9(3)10(7)11(15-13)14-12(4,5)6/h13H2,1-6H3,(H,14,15). The van der Waals surface area contributed by atoms with E-state index in [9.17, 15) is 0 Å². The van der Waals surface area contributed by atoms with E-state index < -0.39 is 0 Å². The molecule has 0 amide bonds. The minimum absolute atomic E-state index is 0.175. The van der Waals surface area contributed by atoms with Gasteiger partial charge in [-0.25, -0.2) is 5.84 Å². The molecule has 0 saturated heterocycles. The summed E-state index contributed by atoms with van der Waals surface area (Å²) in [6, 6.07) is 0. The van der Waals surface area contributed by atoms with E-state index in [1.807, 2.05) is 41.5 Å². The number of nitrogens with two attached hydrogens (primary N) is 1. The van der Waals surface area contributed by atoms with Gasteiger partial charge >= 0.3 is 0 Å². The van der Waals surface area contributed by atoms with Crippen LogP contribution in [0, 0.1) is 20.8 Å². The van der Waals surface area contributed by atoms with Crippen LogP contribution in [-0.4, -0.2) is 11.4 Å². The van der Waals surface area contributed by atoms with Crippen LogP contribution < -0.4 is 11.3 Å². The summed E-state index contributed by atoms with van der Waals surface area (Å²) in [6.45, 7) is 12.0. The first kappa shape index (κ1) is 12.8. The van der Waals surface area contributed by atoms with Crippen molar-refractivity contribution in [2.24, 2.45) is 10.8 Å². The first-order valence-electron chi connectivity index (χ1n) is 5.39. The Labute approximate surface area is 96.9 Å². The van der Waals surface area contributed by atoms with Crippen LogP contribution in [0.5, 0.6) is 0 Å². The molecule has 0 aromatic carbocycles. The second kappa shape index (κ2) is 4.29. The van der Waals surface area contributed by atoms with Crippen molar-refractivity contribution >= 4 is 5.84 Å². The summed E-state index contributed by atoms with van der Waals surface area (Å²) in [7, 11) is 0. The number of hydrogen-bond donors (Lipinski definition) is 2. The Morgan fingerprint density at radius 2 is 1.75 bits per heavy atom. The van der Waals surface area contributed by atoms with Crippen LogP contribution in [0.25, 0.3) is 0 Å². The maximum Gasteiger partial charge on any atom is 0.146 e. The number of aryl methyl sites for hydroxylation is 2. The van der Waals surface area contributed by atoms with Crippen LogP contribution in [0.15, 0.2) is 9.41 Å². The number of hydrazine groups is 1. The Balaban J connectivity index is 3.30. The Bertz CT molecular complexity index is 411. The molecule has 90 valence electrons. The highest BCUT2D eigenvalue weighted by Gasteiger charge is 2.18. The van der Waals surface area contributed by atoms with E-state index >= 15 is 0 Å². The first-order chi connectivity index (χ1) is 7.26. The maximum atomic E-state index is 5.57. The van der Waals surface area contributed by atoms with Crippen LogP contribution in [0.2, 0.25) is 0 Å². The zero-order valence-corrected chi connectivity index (χ0v) is 10.9. The van der Waals surface area contributed by atoms with Crippen LogP contribution in [0.3, 0.4) is 0 Å². The summed E-state index contributed by atoms with van der Waals surface area (Å²) >= 11 is 0. The lowest BCUT2D eigenvalue weighted by Crippen LogP contribution is -2.34. The summed E-state index contributed by atoms with van der Waals surface area (Å²) in [4.78, 5) is 4.55. The molecule has 0 radical (unpaired) electrons. The van der Waals surface area contributed by atoms with E-state index in [1.54, 1.807) is 0 Å². The van der Waals surface area contributed by atoms with Crippen molar-refractivity contribution in [3.8, 4) is 0 Å². The molecule has 0 fully saturated rings. The number of hydrogen-bond acceptors (Lipinski definition) is 3. The molecule has 0 atom stereocenters. The zero-order valence-electron chi connectivity index (χ0n) is 10.9. The largest absolute Gasteiger partial charge is 0.466 e. The molecule has 0 aliphatic rings. The second-order valence-corrected chi connectivity index (χ2v) is 4.99. The van der Waals surface area contributed by atoms with Gasteiger partial charge in [0.05, 0.1) is 11.1 Å². The van der Waals surface area contributed by atoms with Crippen molar-refractivity contribution in [1.82, 2.24) is 5.43 Å². The Morgan fingerprint density at radius 1 is 1.19 bits per heavy atom. The Morgan fingerprint density at radius 3 is 2.06 bits per heavy atom. The van der Waals surface area contributed by atoms with Crippen molar-refractivity contribution in [3.05, 3.63) is 22.6 Å². The van der Waals surface area contributed by atoms with Crippen LogP contribution >= 0.6 is 0 Å². The first-order valence-corrected chi connectivity index (χ1v) is 5.39. The third kappa shape index (κ3) is 2.64. The molecular formula is C12H21N3O. The van der Waals surface area contributed by atoms with E-state index in [0.29, 0.717) is 5.84 Å². The van der Waals surface area contributed by atoms with Gasteiger partial charge in [0.1, 0.15) is 17.4 Å². The molecule has 0 unspecified atom stereocenters. The number of amidine groups is 1. The Kier molecular flexibility index (Phi) is 3.43. The number of nitrogens with one attached hydrogen (secondary N) is 1. The van der Waals surface area contributed by atoms with Crippen molar-refractivity contribution in [2.45, 2.75) is 47.1 Å². The lowest BCUT2D eigenvalue weighted by atomic mass is 10.1. The summed E-state index contributed by atoms with van der Waals surface area (Å²) in [6.07, 6.45) is 0. The van der Waals surface area contributed by atoms with Crippen LogP contribution in [0.4, 0.5) is 0 Å². The van der Waals surface area contributed by atoms with Crippen LogP contribution in [0.1, 0.15) is 43.4 Å². The van der Waals surface area contributed by atoms with Gasteiger partial charge in [-0.15, -0.1) is 0 Å². The molecule has 0 bridgehead atoms. The Hall–Kier alpha value is -1.29. The number of nitrogens with zero attached hydrogens (tertiary/aromatic N) is 1. The molecule has 3 N–H and O–H groups in total. The predicted octanol–water partition coefficient (Wildman–Crippen LogP) is 2.21.